The Labute approximate surface area is 104 Å². The van der Waals surface area contributed by atoms with Gasteiger partial charge in [-0.3, -0.25) is 0 Å². The van der Waals surface area contributed by atoms with E-state index < -0.39 is 0 Å². The first kappa shape index (κ1) is 10.1. The lowest BCUT2D eigenvalue weighted by atomic mass is 10.7. The number of hydrogen-bond acceptors (Lipinski definition) is 5. The van der Waals surface area contributed by atoms with E-state index in [2.05, 4.69) is 15.1 Å². The Hall–Kier alpha value is -1.11. The number of hydrogen-bond donors (Lipinski definition) is 0. The molecule has 3 aromatic rings. The van der Waals surface area contributed by atoms with Gasteiger partial charge in [0.25, 0.3) is 5.78 Å². The average molecular weight is 269 g/mol. The summed E-state index contributed by atoms with van der Waals surface area (Å²) in [5.41, 5.74) is 0. The molecule has 3 rings (SSSR count). The molecule has 0 bridgehead atoms. The zero-order chi connectivity index (χ0) is 11.0. The highest BCUT2D eigenvalue weighted by Crippen LogP contribution is 2.31. The molecule has 0 fully saturated rings. The number of aromatic nitrogens is 4. The van der Waals surface area contributed by atoms with Gasteiger partial charge in [-0.2, -0.15) is 19.6 Å². The van der Waals surface area contributed by atoms with Crippen LogP contribution in [0.2, 0.25) is 5.15 Å². The molecule has 0 aromatic carbocycles. The third-order valence-electron chi connectivity index (χ3n) is 1.89. The summed E-state index contributed by atoms with van der Waals surface area (Å²) in [6, 6.07) is 5.84. The van der Waals surface area contributed by atoms with Gasteiger partial charge in [0.1, 0.15) is 16.5 Å². The fourth-order valence-corrected chi connectivity index (χ4v) is 3.30. The highest BCUT2D eigenvalue weighted by Gasteiger charge is 2.08. The lowest BCUT2D eigenvalue weighted by Crippen LogP contribution is -1.94. The van der Waals surface area contributed by atoms with Crippen molar-refractivity contribution in [3.63, 3.8) is 0 Å². The maximum Gasteiger partial charge on any atom is 0.254 e. The van der Waals surface area contributed by atoms with Gasteiger partial charge in [0, 0.05) is 6.07 Å². The largest absolute Gasteiger partial charge is 0.254 e. The average Bonchev–Trinajstić information content (AvgIpc) is 2.87. The third-order valence-corrected chi connectivity index (χ3v) is 4.12. The van der Waals surface area contributed by atoms with Crippen LogP contribution < -0.4 is 0 Å². The Kier molecular flexibility index (Phi) is 2.55. The van der Waals surface area contributed by atoms with Crippen molar-refractivity contribution >= 4 is 40.5 Å². The van der Waals surface area contributed by atoms with Gasteiger partial charge >= 0.3 is 0 Å². The molecule has 0 atom stereocenters. The standard InChI is InChI=1S/C9H5ClN4S2/c10-6-4-7(16-8-2-1-3-15-8)14-9(13-6)11-5-12-14/h1-5H. The van der Waals surface area contributed by atoms with Gasteiger partial charge < -0.3 is 0 Å². The first-order chi connectivity index (χ1) is 7.83. The van der Waals surface area contributed by atoms with E-state index in [4.69, 9.17) is 11.6 Å². The van der Waals surface area contributed by atoms with Crippen LogP contribution >= 0.6 is 34.7 Å². The van der Waals surface area contributed by atoms with Crippen LogP contribution in [0.1, 0.15) is 0 Å². The van der Waals surface area contributed by atoms with Gasteiger partial charge in [0.2, 0.25) is 0 Å². The Morgan fingerprint density at radius 1 is 1.44 bits per heavy atom. The smallest absolute Gasteiger partial charge is 0.199 e. The molecular weight excluding hydrogens is 264 g/mol. The summed E-state index contributed by atoms with van der Waals surface area (Å²) in [5, 5.41) is 7.48. The molecule has 0 aliphatic carbocycles. The Balaban J connectivity index is 2.11. The Morgan fingerprint density at radius 2 is 2.38 bits per heavy atom. The van der Waals surface area contributed by atoms with Crippen LogP contribution in [0.5, 0.6) is 0 Å². The van der Waals surface area contributed by atoms with Gasteiger partial charge in [-0.15, -0.1) is 11.3 Å². The molecular formula is C9H5ClN4S2. The van der Waals surface area contributed by atoms with E-state index in [9.17, 15) is 0 Å². The summed E-state index contributed by atoms with van der Waals surface area (Å²) in [6.45, 7) is 0. The molecule has 80 valence electrons. The third kappa shape index (κ3) is 1.79. The van der Waals surface area contributed by atoms with E-state index in [0.717, 1.165) is 5.03 Å². The molecule has 7 heteroatoms. The van der Waals surface area contributed by atoms with Crippen LogP contribution in [0.15, 0.2) is 39.1 Å². The molecule has 0 aliphatic heterocycles. The van der Waals surface area contributed by atoms with Gasteiger partial charge in [0.15, 0.2) is 0 Å². The number of halogens is 1. The minimum Gasteiger partial charge on any atom is -0.199 e. The first-order valence-electron chi connectivity index (χ1n) is 4.40. The molecule has 0 radical (unpaired) electrons. The topological polar surface area (TPSA) is 43.1 Å². The van der Waals surface area contributed by atoms with Crippen molar-refractivity contribution in [3.05, 3.63) is 35.1 Å². The van der Waals surface area contributed by atoms with Crippen molar-refractivity contribution in [1.82, 2.24) is 19.6 Å². The van der Waals surface area contributed by atoms with Crippen molar-refractivity contribution < 1.29 is 0 Å². The fraction of sp³-hybridized carbons (Fsp3) is 0. The quantitative estimate of drug-likeness (QED) is 0.670. The van der Waals surface area contributed by atoms with Crippen LogP contribution in [0.25, 0.3) is 5.78 Å². The van der Waals surface area contributed by atoms with E-state index in [1.165, 1.54) is 10.5 Å². The minimum atomic E-state index is 0.430. The minimum absolute atomic E-state index is 0.430. The number of rotatable bonds is 2. The van der Waals surface area contributed by atoms with Crippen molar-refractivity contribution in [2.24, 2.45) is 0 Å². The molecule has 0 unspecified atom stereocenters. The predicted octanol–water partition coefficient (Wildman–Crippen LogP) is 2.99. The summed E-state index contributed by atoms with van der Waals surface area (Å²) in [4.78, 5) is 8.09. The van der Waals surface area contributed by atoms with Crippen molar-refractivity contribution in [2.75, 3.05) is 0 Å². The van der Waals surface area contributed by atoms with Gasteiger partial charge in [-0.25, -0.2) is 0 Å². The molecule has 16 heavy (non-hydrogen) atoms. The maximum atomic E-state index is 5.92. The zero-order valence-electron chi connectivity index (χ0n) is 7.87. The molecule has 0 saturated carbocycles. The molecule has 3 heterocycles. The summed E-state index contributed by atoms with van der Waals surface area (Å²) in [6.07, 6.45) is 1.47. The Bertz CT molecular complexity index is 620. The zero-order valence-corrected chi connectivity index (χ0v) is 10.3. The van der Waals surface area contributed by atoms with Crippen molar-refractivity contribution in [3.8, 4) is 0 Å². The van der Waals surface area contributed by atoms with Crippen LogP contribution in [-0.4, -0.2) is 19.6 Å². The molecule has 0 N–H and O–H groups in total. The van der Waals surface area contributed by atoms with Gasteiger partial charge in [-0.1, -0.05) is 29.4 Å². The van der Waals surface area contributed by atoms with E-state index >= 15 is 0 Å². The second-order valence-electron chi connectivity index (χ2n) is 2.92. The summed E-state index contributed by atoms with van der Waals surface area (Å²) >= 11 is 9.19. The number of nitrogens with zero attached hydrogens (tertiary/aromatic N) is 4. The number of fused-ring (bicyclic) bond motifs is 1. The predicted molar refractivity (Wildman–Crippen MR) is 64.2 cm³/mol. The number of thiophene rings is 1. The fourth-order valence-electron chi connectivity index (χ4n) is 1.26. The first-order valence-corrected chi connectivity index (χ1v) is 6.48. The van der Waals surface area contributed by atoms with Gasteiger partial charge in [0.05, 0.1) is 4.21 Å². The molecule has 3 aromatic heterocycles. The monoisotopic (exact) mass is 268 g/mol. The second kappa shape index (κ2) is 4.04. The molecule has 0 spiro atoms. The van der Waals surface area contributed by atoms with Crippen LogP contribution in [0.3, 0.4) is 0 Å². The Morgan fingerprint density at radius 3 is 3.19 bits per heavy atom. The van der Waals surface area contributed by atoms with Crippen LogP contribution in [0.4, 0.5) is 0 Å². The highest BCUT2D eigenvalue weighted by atomic mass is 35.5. The normalized spacial score (nSPS) is 11.1. The molecule has 0 aliphatic rings. The van der Waals surface area contributed by atoms with Crippen molar-refractivity contribution in [1.29, 1.82) is 0 Å². The SMILES string of the molecule is Clc1cc(Sc2cccs2)n2ncnc2n1. The van der Waals surface area contributed by atoms with E-state index in [1.54, 1.807) is 33.7 Å². The van der Waals surface area contributed by atoms with Crippen molar-refractivity contribution in [2.45, 2.75) is 9.24 Å². The van der Waals surface area contributed by atoms with E-state index in [1.807, 2.05) is 17.5 Å². The highest BCUT2D eigenvalue weighted by molar-refractivity contribution is 8.01. The maximum absolute atomic E-state index is 5.92. The summed E-state index contributed by atoms with van der Waals surface area (Å²) in [5.74, 6) is 0.520. The molecule has 0 amide bonds. The second-order valence-corrected chi connectivity index (χ2v) is 5.58. The summed E-state index contributed by atoms with van der Waals surface area (Å²) < 4.78 is 2.86. The van der Waals surface area contributed by atoms with Gasteiger partial charge in [-0.05, 0) is 11.4 Å². The lowest BCUT2D eigenvalue weighted by molar-refractivity contribution is 0.843. The van der Waals surface area contributed by atoms with E-state index in [0.29, 0.717) is 10.9 Å². The lowest BCUT2D eigenvalue weighted by Gasteiger charge is -2.01. The van der Waals surface area contributed by atoms with Crippen LogP contribution in [0, 0.1) is 0 Å². The molecule has 4 nitrogen and oxygen atoms in total. The van der Waals surface area contributed by atoms with E-state index in [-0.39, 0.29) is 0 Å². The summed E-state index contributed by atoms with van der Waals surface area (Å²) in [7, 11) is 0. The van der Waals surface area contributed by atoms with Crippen LogP contribution in [-0.2, 0) is 0 Å². The molecule has 0 saturated heterocycles.